The van der Waals surface area contributed by atoms with Gasteiger partial charge in [0.2, 0.25) is 0 Å². The molecule has 0 saturated heterocycles. The summed E-state index contributed by atoms with van der Waals surface area (Å²) in [5.74, 6) is 4.12. The molecule has 2 saturated carbocycles. The number of pyridine rings is 1. The minimum atomic E-state index is 0.958. The van der Waals surface area contributed by atoms with Crippen molar-refractivity contribution in [2.75, 3.05) is 0 Å². The van der Waals surface area contributed by atoms with E-state index in [0.717, 1.165) is 23.7 Å². The first-order valence-electron chi connectivity index (χ1n) is 12.2. The van der Waals surface area contributed by atoms with Gasteiger partial charge in [0.15, 0.2) is 0 Å². The SMILES string of the molecule is CCCCCc1ccc(CC[C@H]2CC[C@H]([C@H]3CC[C@H](CC)CC3)CC2)nc1. The molecular weight excluding hydrogens is 326 g/mol. The highest BCUT2D eigenvalue weighted by molar-refractivity contribution is 5.14. The summed E-state index contributed by atoms with van der Waals surface area (Å²) < 4.78 is 0. The molecule has 0 amide bonds. The van der Waals surface area contributed by atoms with Crippen LogP contribution in [0.5, 0.6) is 0 Å². The fraction of sp³-hybridized carbons (Fsp3) is 0.808. The van der Waals surface area contributed by atoms with Crippen molar-refractivity contribution >= 4 is 0 Å². The summed E-state index contributed by atoms with van der Waals surface area (Å²) >= 11 is 0. The maximum atomic E-state index is 4.75. The van der Waals surface area contributed by atoms with Gasteiger partial charge in [-0.05, 0) is 86.7 Å². The van der Waals surface area contributed by atoms with Crippen molar-refractivity contribution < 1.29 is 0 Å². The van der Waals surface area contributed by atoms with Gasteiger partial charge in [-0.25, -0.2) is 0 Å². The summed E-state index contributed by atoms with van der Waals surface area (Å²) in [5.41, 5.74) is 2.74. The van der Waals surface area contributed by atoms with Crippen molar-refractivity contribution in [2.24, 2.45) is 23.7 Å². The van der Waals surface area contributed by atoms with Crippen LogP contribution >= 0.6 is 0 Å². The molecule has 1 nitrogen and oxygen atoms in total. The Morgan fingerprint density at radius 1 is 0.778 bits per heavy atom. The molecule has 27 heavy (non-hydrogen) atoms. The van der Waals surface area contributed by atoms with Gasteiger partial charge in [-0.15, -0.1) is 0 Å². The molecule has 0 aromatic carbocycles. The van der Waals surface area contributed by atoms with Crippen LogP contribution in [-0.2, 0) is 12.8 Å². The minimum absolute atomic E-state index is 0.958. The van der Waals surface area contributed by atoms with E-state index in [9.17, 15) is 0 Å². The van der Waals surface area contributed by atoms with E-state index in [1.54, 1.807) is 0 Å². The maximum absolute atomic E-state index is 4.75. The van der Waals surface area contributed by atoms with Crippen LogP contribution in [0, 0.1) is 23.7 Å². The van der Waals surface area contributed by atoms with Crippen LogP contribution in [0.15, 0.2) is 18.3 Å². The molecule has 2 aliphatic carbocycles. The van der Waals surface area contributed by atoms with Gasteiger partial charge < -0.3 is 0 Å². The monoisotopic (exact) mass is 369 g/mol. The first-order valence-corrected chi connectivity index (χ1v) is 12.2. The van der Waals surface area contributed by atoms with E-state index in [1.165, 1.54) is 108 Å². The molecule has 1 aromatic heterocycles. The Morgan fingerprint density at radius 3 is 2.00 bits per heavy atom. The third-order valence-electron chi connectivity index (χ3n) is 7.79. The lowest BCUT2D eigenvalue weighted by atomic mass is 9.68. The summed E-state index contributed by atoms with van der Waals surface area (Å²) in [7, 11) is 0. The van der Waals surface area contributed by atoms with Gasteiger partial charge in [0.1, 0.15) is 0 Å². The molecule has 1 aromatic rings. The molecular formula is C26H43N. The molecule has 0 bridgehead atoms. The Bertz CT molecular complexity index is 504. The highest BCUT2D eigenvalue weighted by atomic mass is 14.7. The molecule has 3 rings (SSSR count). The fourth-order valence-electron chi connectivity index (χ4n) is 5.70. The molecule has 0 N–H and O–H groups in total. The predicted molar refractivity (Wildman–Crippen MR) is 117 cm³/mol. The minimum Gasteiger partial charge on any atom is -0.261 e. The first-order chi connectivity index (χ1) is 13.3. The molecule has 1 heterocycles. The van der Waals surface area contributed by atoms with Gasteiger partial charge in [-0.3, -0.25) is 4.98 Å². The number of nitrogens with zero attached hydrogens (tertiary/aromatic N) is 1. The van der Waals surface area contributed by atoms with Crippen molar-refractivity contribution in [1.82, 2.24) is 4.98 Å². The average molecular weight is 370 g/mol. The summed E-state index contributed by atoms with van der Waals surface area (Å²) in [6.07, 6.45) is 23.3. The van der Waals surface area contributed by atoms with Crippen LogP contribution in [0.2, 0.25) is 0 Å². The number of hydrogen-bond acceptors (Lipinski definition) is 1. The van der Waals surface area contributed by atoms with E-state index in [0.29, 0.717) is 0 Å². The lowest BCUT2D eigenvalue weighted by molar-refractivity contribution is 0.142. The van der Waals surface area contributed by atoms with Crippen molar-refractivity contribution in [3.05, 3.63) is 29.6 Å². The van der Waals surface area contributed by atoms with E-state index in [4.69, 9.17) is 4.98 Å². The van der Waals surface area contributed by atoms with Crippen molar-refractivity contribution in [3.8, 4) is 0 Å². The van der Waals surface area contributed by atoms with E-state index in [1.807, 2.05) is 0 Å². The van der Waals surface area contributed by atoms with Crippen LogP contribution in [0.4, 0.5) is 0 Å². The van der Waals surface area contributed by atoms with Crippen LogP contribution < -0.4 is 0 Å². The number of rotatable bonds is 9. The normalized spacial score (nSPS) is 29.0. The fourth-order valence-corrected chi connectivity index (χ4v) is 5.70. The van der Waals surface area contributed by atoms with Crippen molar-refractivity contribution in [2.45, 2.75) is 110 Å². The second-order valence-corrected chi connectivity index (χ2v) is 9.62. The van der Waals surface area contributed by atoms with Gasteiger partial charge in [-0.1, -0.05) is 64.9 Å². The van der Waals surface area contributed by atoms with Crippen molar-refractivity contribution in [3.63, 3.8) is 0 Å². The maximum Gasteiger partial charge on any atom is 0.0403 e. The molecule has 2 fully saturated rings. The Kier molecular flexibility index (Phi) is 8.68. The number of hydrogen-bond donors (Lipinski definition) is 0. The van der Waals surface area contributed by atoms with Gasteiger partial charge >= 0.3 is 0 Å². The van der Waals surface area contributed by atoms with Crippen LogP contribution in [-0.4, -0.2) is 4.98 Å². The molecule has 1 heteroatoms. The summed E-state index contributed by atoms with van der Waals surface area (Å²) in [6, 6.07) is 4.61. The quantitative estimate of drug-likeness (QED) is 0.405. The largest absolute Gasteiger partial charge is 0.261 e. The molecule has 0 aliphatic heterocycles. The van der Waals surface area contributed by atoms with Gasteiger partial charge in [0.05, 0.1) is 0 Å². The van der Waals surface area contributed by atoms with E-state index >= 15 is 0 Å². The van der Waals surface area contributed by atoms with E-state index in [-0.39, 0.29) is 0 Å². The lowest BCUT2D eigenvalue weighted by Crippen LogP contribution is -2.25. The highest BCUT2D eigenvalue weighted by Gasteiger charge is 2.30. The first kappa shape index (κ1) is 20.9. The summed E-state index contributed by atoms with van der Waals surface area (Å²) in [5, 5.41) is 0. The molecule has 152 valence electrons. The van der Waals surface area contributed by atoms with Gasteiger partial charge in [0.25, 0.3) is 0 Å². The Hall–Kier alpha value is -0.850. The summed E-state index contributed by atoms with van der Waals surface area (Å²) in [6.45, 7) is 4.65. The van der Waals surface area contributed by atoms with Crippen LogP contribution in [0.3, 0.4) is 0 Å². The Morgan fingerprint density at radius 2 is 1.44 bits per heavy atom. The van der Waals surface area contributed by atoms with Crippen molar-refractivity contribution in [1.29, 1.82) is 0 Å². The molecule has 0 radical (unpaired) electrons. The zero-order chi connectivity index (χ0) is 18.9. The van der Waals surface area contributed by atoms with Crippen LogP contribution in [0.1, 0.15) is 109 Å². The second-order valence-electron chi connectivity index (χ2n) is 9.62. The third-order valence-corrected chi connectivity index (χ3v) is 7.79. The standard InChI is InChI=1S/C26H43N/c1-3-5-6-7-23-13-19-26(27-20-23)18-12-22-10-16-25(17-11-22)24-14-8-21(4-2)9-15-24/h13,19-22,24-25H,3-12,14-18H2,1-2H3/t21-,22-,24-,25-. The van der Waals surface area contributed by atoms with Gasteiger partial charge in [-0.2, -0.15) is 0 Å². The zero-order valence-corrected chi connectivity index (χ0v) is 18.1. The predicted octanol–water partition coefficient (Wildman–Crippen LogP) is 7.77. The van der Waals surface area contributed by atoms with E-state index < -0.39 is 0 Å². The molecule has 0 spiro atoms. The topological polar surface area (TPSA) is 12.9 Å². The van der Waals surface area contributed by atoms with Crippen LogP contribution in [0.25, 0.3) is 0 Å². The highest BCUT2D eigenvalue weighted by Crippen LogP contribution is 2.42. The lowest BCUT2D eigenvalue weighted by Gasteiger charge is -2.37. The number of aryl methyl sites for hydroxylation is 2. The smallest absolute Gasteiger partial charge is 0.0403 e. The zero-order valence-electron chi connectivity index (χ0n) is 18.1. The molecule has 0 unspecified atom stereocenters. The van der Waals surface area contributed by atoms with Gasteiger partial charge in [0, 0.05) is 11.9 Å². The number of aromatic nitrogens is 1. The number of unbranched alkanes of at least 4 members (excludes halogenated alkanes) is 2. The third kappa shape index (κ3) is 6.61. The average Bonchev–Trinajstić information content (AvgIpc) is 2.74. The summed E-state index contributed by atoms with van der Waals surface area (Å²) in [4.78, 5) is 4.75. The molecule has 2 aliphatic rings. The Labute approximate surface area is 168 Å². The Balaban J connectivity index is 1.33. The molecule has 0 atom stereocenters. The van der Waals surface area contributed by atoms with E-state index in [2.05, 4.69) is 32.2 Å². The second kappa shape index (κ2) is 11.2.